The third kappa shape index (κ3) is 11.4. The summed E-state index contributed by atoms with van der Waals surface area (Å²) in [5, 5.41) is 12.4. The molecule has 1 aromatic carbocycles. The van der Waals surface area contributed by atoms with Gasteiger partial charge in [-0.3, -0.25) is 9.69 Å². The van der Waals surface area contributed by atoms with Gasteiger partial charge in [0.25, 0.3) is 0 Å². The number of nitrogens with zero attached hydrogens (tertiary/aromatic N) is 1. The molecule has 0 aromatic heterocycles. The van der Waals surface area contributed by atoms with Gasteiger partial charge in [-0.1, -0.05) is 68.5 Å². The summed E-state index contributed by atoms with van der Waals surface area (Å²) >= 11 is 3.27. The van der Waals surface area contributed by atoms with Gasteiger partial charge >= 0.3 is 12.1 Å². The molecule has 228 valence electrons. The highest BCUT2D eigenvalue weighted by molar-refractivity contribution is 8.00. The topological polar surface area (TPSA) is 95.9 Å². The number of hydrogen-bond donors (Lipinski definition) is 2. The van der Waals surface area contributed by atoms with Gasteiger partial charge in [-0.2, -0.15) is 11.8 Å². The summed E-state index contributed by atoms with van der Waals surface area (Å²) < 4.78 is 5.71. The number of carboxylic acids is 1. The second-order valence-corrected chi connectivity index (χ2v) is 14.9. The van der Waals surface area contributed by atoms with E-state index in [1.807, 2.05) is 88.3 Å². The minimum absolute atomic E-state index is 0.0158. The van der Waals surface area contributed by atoms with Gasteiger partial charge in [0.05, 0.1) is 16.8 Å². The standard InChI is InChI=1S/C32H48N2O5S2/c1-22(2)24(16-17-26-21-41-32(6,7)34(26)30(38)39-31(3,4)5)14-15-25(20-23-12-10-9-11-13-23)28(35)33-27(29(36)37)18-19-40-8/h9-17,22,24-27H,18-21H2,1-8H3,(H,33,35)(H,36,37)/b15-14+,17-16+/t24-,25-,26+,27-/m0/s1. The van der Waals surface area contributed by atoms with Crippen molar-refractivity contribution in [3.63, 3.8) is 0 Å². The van der Waals surface area contributed by atoms with Crippen LogP contribution in [0.25, 0.3) is 0 Å². The fourth-order valence-electron chi connectivity index (χ4n) is 4.56. The number of allylic oxidation sites excluding steroid dienone is 2. The number of carbonyl (C=O) groups is 3. The van der Waals surface area contributed by atoms with Gasteiger partial charge in [-0.05, 0) is 76.9 Å². The Kier molecular flexibility index (Phi) is 13.4. The van der Waals surface area contributed by atoms with Crippen LogP contribution in [-0.4, -0.2) is 68.3 Å². The highest BCUT2D eigenvalue weighted by Gasteiger charge is 2.44. The summed E-state index contributed by atoms with van der Waals surface area (Å²) in [7, 11) is 0. The first-order valence-corrected chi connectivity index (χ1v) is 16.6. The van der Waals surface area contributed by atoms with Crippen LogP contribution in [0.15, 0.2) is 54.6 Å². The third-order valence-electron chi connectivity index (χ3n) is 6.86. The Morgan fingerprint density at radius 3 is 2.39 bits per heavy atom. The van der Waals surface area contributed by atoms with Gasteiger partial charge < -0.3 is 15.2 Å². The van der Waals surface area contributed by atoms with E-state index in [4.69, 9.17) is 4.74 Å². The lowest BCUT2D eigenvalue weighted by Gasteiger charge is -2.35. The number of hydrogen-bond acceptors (Lipinski definition) is 6. The van der Waals surface area contributed by atoms with Crippen LogP contribution in [0, 0.1) is 17.8 Å². The molecule has 1 fully saturated rings. The van der Waals surface area contributed by atoms with Crippen molar-refractivity contribution >= 4 is 41.5 Å². The molecule has 0 spiro atoms. The van der Waals surface area contributed by atoms with Crippen LogP contribution in [0.5, 0.6) is 0 Å². The first-order valence-electron chi connectivity index (χ1n) is 14.2. The van der Waals surface area contributed by atoms with Crippen molar-refractivity contribution in [1.82, 2.24) is 10.2 Å². The second-order valence-electron chi connectivity index (χ2n) is 12.2. The minimum Gasteiger partial charge on any atom is -0.480 e. The van der Waals surface area contributed by atoms with E-state index in [1.165, 1.54) is 0 Å². The lowest BCUT2D eigenvalue weighted by Crippen LogP contribution is -2.48. The van der Waals surface area contributed by atoms with Crippen LogP contribution in [0.2, 0.25) is 0 Å². The Labute approximate surface area is 254 Å². The van der Waals surface area contributed by atoms with Crippen molar-refractivity contribution < 1.29 is 24.2 Å². The van der Waals surface area contributed by atoms with Gasteiger partial charge in [0, 0.05) is 5.75 Å². The van der Waals surface area contributed by atoms with Crippen molar-refractivity contribution in [2.75, 3.05) is 17.8 Å². The molecule has 41 heavy (non-hydrogen) atoms. The molecule has 1 aliphatic rings. The van der Waals surface area contributed by atoms with Gasteiger partial charge in [-0.15, -0.1) is 11.8 Å². The van der Waals surface area contributed by atoms with Crippen LogP contribution in [0.3, 0.4) is 0 Å². The molecule has 0 saturated carbocycles. The number of benzene rings is 1. The lowest BCUT2D eigenvalue weighted by molar-refractivity contribution is -0.142. The second kappa shape index (κ2) is 15.7. The number of carbonyl (C=O) groups excluding carboxylic acids is 2. The zero-order valence-corrected chi connectivity index (χ0v) is 27.4. The molecule has 1 saturated heterocycles. The zero-order chi connectivity index (χ0) is 30.8. The Morgan fingerprint density at radius 1 is 1.17 bits per heavy atom. The molecule has 1 heterocycles. The average molecular weight is 605 g/mol. The number of ether oxygens (including phenoxy) is 1. The SMILES string of the molecule is CSCC[C@H](NC(=O)[C@@H](/C=C/[C@@H](/C=C/[C@@H]1CSC(C)(C)N1C(=O)OC(C)(C)C)C(C)C)Cc1ccccc1)C(=O)O. The fraction of sp³-hybridized carbons (Fsp3) is 0.594. The molecule has 2 rings (SSSR count). The summed E-state index contributed by atoms with van der Waals surface area (Å²) in [6.45, 7) is 13.9. The molecule has 0 radical (unpaired) electrons. The first kappa shape index (κ1) is 34.8. The van der Waals surface area contributed by atoms with Crippen molar-refractivity contribution in [2.24, 2.45) is 17.8 Å². The maximum atomic E-state index is 13.4. The van der Waals surface area contributed by atoms with E-state index in [1.54, 1.807) is 23.5 Å². The maximum absolute atomic E-state index is 13.4. The smallest absolute Gasteiger partial charge is 0.411 e. The van der Waals surface area contributed by atoms with E-state index in [9.17, 15) is 19.5 Å². The summed E-state index contributed by atoms with van der Waals surface area (Å²) in [5.74, 6) is -0.173. The quantitative estimate of drug-likeness (QED) is 0.244. The van der Waals surface area contributed by atoms with Crippen LogP contribution in [0.4, 0.5) is 4.79 Å². The number of rotatable bonds is 13. The maximum Gasteiger partial charge on any atom is 0.411 e. The highest BCUT2D eigenvalue weighted by atomic mass is 32.2. The molecule has 1 aromatic rings. The zero-order valence-electron chi connectivity index (χ0n) is 25.8. The fourth-order valence-corrected chi connectivity index (χ4v) is 6.22. The molecule has 0 unspecified atom stereocenters. The molecule has 1 aliphatic heterocycles. The van der Waals surface area contributed by atoms with E-state index in [-0.39, 0.29) is 29.9 Å². The molecule has 0 bridgehead atoms. The number of amides is 2. The van der Waals surface area contributed by atoms with Crippen molar-refractivity contribution in [2.45, 2.75) is 83.9 Å². The third-order valence-corrected chi connectivity index (χ3v) is 8.92. The predicted molar refractivity (Wildman–Crippen MR) is 171 cm³/mol. The highest BCUT2D eigenvalue weighted by Crippen LogP contribution is 2.40. The molecule has 0 aliphatic carbocycles. The monoisotopic (exact) mass is 604 g/mol. The summed E-state index contributed by atoms with van der Waals surface area (Å²) in [5.41, 5.74) is 0.421. The predicted octanol–water partition coefficient (Wildman–Crippen LogP) is 6.64. The summed E-state index contributed by atoms with van der Waals surface area (Å²) in [4.78, 5) is 39.7. The van der Waals surface area contributed by atoms with E-state index >= 15 is 0 Å². The molecule has 9 heteroatoms. The number of aliphatic carboxylic acids is 1. The Hall–Kier alpha value is -2.39. The van der Waals surface area contributed by atoms with Crippen molar-refractivity contribution in [3.05, 3.63) is 60.2 Å². The average Bonchev–Trinajstić information content (AvgIpc) is 3.18. The van der Waals surface area contributed by atoms with E-state index < -0.39 is 28.4 Å². The lowest BCUT2D eigenvalue weighted by atomic mass is 9.90. The summed E-state index contributed by atoms with van der Waals surface area (Å²) in [6, 6.07) is 8.70. The minimum atomic E-state index is -1.02. The molecular formula is C32H48N2O5S2. The van der Waals surface area contributed by atoms with Crippen molar-refractivity contribution in [1.29, 1.82) is 0 Å². The Balaban J connectivity index is 2.28. The van der Waals surface area contributed by atoms with Crippen LogP contribution in [0.1, 0.15) is 60.5 Å². The molecule has 2 amide bonds. The van der Waals surface area contributed by atoms with Crippen LogP contribution < -0.4 is 5.32 Å². The van der Waals surface area contributed by atoms with Crippen LogP contribution >= 0.6 is 23.5 Å². The molecule has 2 N–H and O–H groups in total. The number of nitrogens with one attached hydrogen (secondary N) is 1. The van der Waals surface area contributed by atoms with Crippen molar-refractivity contribution in [3.8, 4) is 0 Å². The van der Waals surface area contributed by atoms with E-state index in [2.05, 4.69) is 31.3 Å². The van der Waals surface area contributed by atoms with E-state index in [0.717, 1.165) is 11.3 Å². The van der Waals surface area contributed by atoms with Gasteiger partial charge in [0.15, 0.2) is 0 Å². The first-order chi connectivity index (χ1) is 19.1. The van der Waals surface area contributed by atoms with Gasteiger partial charge in [-0.25, -0.2) is 9.59 Å². The Morgan fingerprint density at radius 2 is 1.83 bits per heavy atom. The van der Waals surface area contributed by atoms with Gasteiger partial charge in [0.1, 0.15) is 11.6 Å². The van der Waals surface area contributed by atoms with Gasteiger partial charge in [0.2, 0.25) is 5.91 Å². The normalized spacial score (nSPS) is 19.4. The largest absolute Gasteiger partial charge is 0.480 e. The van der Waals surface area contributed by atoms with E-state index in [0.29, 0.717) is 18.6 Å². The molecular weight excluding hydrogens is 556 g/mol. The number of carboxylic acid groups (broad SMARTS) is 1. The van der Waals surface area contributed by atoms with Crippen LogP contribution in [-0.2, 0) is 20.7 Å². The summed E-state index contributed by atoms with van der Waals surface area (Å²) in [6.07, 6.45) is 10.6. The number of thioether (sulfide) groups is 2. The molecule has 4 atom stereocenters. The molecule has 7 nitrogen and oxygen atoms in total. The Bertz CT molecular complexity index is 1070.